The number of rotatable bonds is 16. The molecule has 3 amide bonds. The molecule has 0 aromatic heterocycles. The smallest absolute Gasteiger partial charge is 0.408 e. The maximum atomic E-state index is 12.7. The van der Waals surface area contributed by atoms with Gasteiger partial charge in [0, 0.05) is 6.54 Å². The molecule has 11 nitrogen and oxygen atoms in total. The predicted molar refractivity (Wildman–Crippen MR) is 130 cm³/mol. The Bertz CT molecular complexity index is 672. The molecule has 34 heavy (non-hydrogen) atoms. The summed E-state index contributed by atoms with van der Waals surface area (Å²) in [6, 6.07) is -1.31. The van der Waals surface area contributed by atoms with E-state index in [2.05, 4.69) is 16.0 Å². The van der Waals surface area contributed by atoms with E-state index in [-0.39, 0.29) is 31.9 Å². The fourth-order valence-corrected chi connectivity index (χ4v) is 4.39. The number of nitrogens with one attached hydrogen (secondary N) is 3. The van der Waals surface area contributed by atoms with E-state index in [0.717, 1.165) is 0 Å². The first kappa shape index (κ1) is 32.3. The highest BCUT2D eigenvalue weighted by Gasteiger charge is 2.28. The molecule has 0 saturated heterocycles. The van der Waals surface area contributed by atoms with Crippen LogP contribution in [0.15, 0.2) is 0 Å². The zero-order chi connectivity index (χ0) is 26.4. The van der Waals surface area contributed by atoms with Gasteiger partial charge in [0.15, 0.2) is 0 Å². The molecule has 0 saturated carbocycles. The molecule has 12 heteroatoms. The van der Waals surface area contributed by atoms with Gasteiger partial charge < -0.3 is 34.8 Å². The Hall–Kier alpha value is -1.68. The van der Waals surface area contributed by atoms with Crippen LogP contribution in [0.3, 0.4) is 0 Å². The van der Waals surface area contributed by atoms with E-state index < -0.39 is 43.2 Å². The molecular weight excluding hydrogens is 465 g/mol. The normalized spacial score (nSPS) is 13.8. The van der Waals surface area contributed by atoms with Crippen molar-refractivity contribution in [3.05, 3.63) is 0 Å². The number of hydrogen-bond donors (Lipinski definition) is 4. The van der Waals surface area contributed by atoms with Crippen molar-refractivity contribution >= 4 is 25.5 Å². The molecule has 0 aromatic rings. The SMILES string of the molecule is CCOP(=O)(CC(=O)NCCCC[C@H](NC(=O)OC(C)(C)C)C(=O)N[C@H](CO)C(C)C)OCC. The summed E-state index contributed by atoms with van der Waals surface area (Å²) in [5, 5.41) is 17.5. The molecule has 0 radical (unpaired) electrons. The first-order valence-corrected chi connectivity index (χ1v) is 13.5. The molecule has 0 unspecified atom stereocenters. The lowest BCUT2D eigenvalue weighted by atomic mass is 10.0. The Balaban J connectivity index is 4.82. The summed E-state index contributed by atoms with van der Waals surface area (Å²) in [5.41, 5.74) is -0.719. The molecule has 0 aliphatic heterocycles. The van der Waals surface area contributed by atoms with Gasteiger partial charge in [0.1, 0.15) is 17.8 Å². The van der Waals surface area contributed by atoms with Crippen molar-refractivity contribution in [2.24, 2.45) is 5.92 Å². The zero-order valence-corrected chi connectivity index (χ0v) is 22.5. The van der Waals surface area contributed by atoms with Gasteiger partial charge in [-0.05, 0) is 59.8 Å². The standard InChI is InChI=1S/C22H44N3O8P/c1-8-31-34(30,32-9-2)15-19(27)23-13-11-10-12-17(25-21(29)33-22(5,6)7)20(28)24-18(14-26)16(3)4/h16-18,26H,8-15H2,1-7H3,(H,23,27)(H,24,28)(H,25,29)/t17-,18+/m0/s1. The lowest BCUT2D eigenvalue weighted by Gasteiger charge is -2.26. The van der Waals surface area contributed by atoms with Crippen LogP contribution in [0, 0.1) is 5.92 Å². The number of hydrogen-bond acceptors (Lipinski definition) is 8. The quantitative estimate of drug-likeness (QED) is 0.183. The third-order valence-corrected chi connectivity index (χ3v) is 6.54. The number of carbonyl (C=O) groups is 3. The monoisotopic (exact) mass is 509 g/mol. The number of amides is 3. The number of carbonyl (C=O) groups excluding carboxylic acids is 3. The Morgan fingerprint density at radius 1 is 1.00 bits per heavy atom. The lowest BCUT2D eigenvalue weighted by molar-refractivity contribution is -0.125. The van der Waals surface area contributed by atoms with Crippen molar-refractivity contribution in [1.29, 1.82) is 0 Å². The van der Waals surface area contributed by atoms with Crippen molar-refractivity contribution in [3.8, 4) is 0 Å². The van der Waals surface area contributed by atoms with Crippen LogP contribution in [-0.4, -0.2) is 73.2 Å². The number of alkyl carbamates (subject to hydrolysis) is 1. The van der Waals surface area contributed by atoms with Gasteiger partial charge in [-0.2, -0.15) is 0 Å². The minimum absolute atomic E-state index is 0.00990. The number of unbranched alkanes of at least 4 members (excludes halogenated alkanes) is 1. The average molecular weight is 510 g/mol. The van der Waals surface area contributed by atoms with Crippen molar-refractivity contribution in [2.75, 3.05) is 32.5 Å². The largest absolute Gasteiger partial charge is 0.444 e. The Morgan fingerprint density at radius 2 is 1.59 bits per heavy atom. The van der Waals surface area contributed by atoms with Gasteiger partial charge in [-0.3, -0.25) is 14.2 Å². The fraction of sp³-hybridized carbons (Fsp3) is 0.864. The molecule has 0 fully saturated rings. The summed E-state index contributed by atoms with van der Waals surface area (Å²) in [5.74, 6) is -0.859. The van der Waals surface area contributed by atoms with Crippen molar-refractivity contribution in [3.63, 3.8) is 0 Å². The van der Waals surface area contributed by atoms with Gasteiger partial charge in [0.25, 0.3) is 0 Å². The summed E-state index contributed by atoms with van der Waals surface area (Å²) in [6.07, 6.45) is 0.250. The van der Waals surface area contributed by atoms with Crippen LogP contribution in [0.4, 0.5) is 4.79 Å². The van der Waals surface area contributed by atoms with Gasteiger partial charge in [0.2, 0.25) is 11.8 Å². The van der Waals surface area contributed by atoms with Crippen molar-refractivity contribution in [2.45, 2.75) is 85.4 Å². The van der Waals surface area contributed by atoms with Crippen molar-refractivity contribution < 1.29 is 37.8 Å². The first-order chi connectivity index (χ1) is 15.8. The molecule has 0 spiro atoms. The Morgan fingerprint density at radius 3 is 2.06 bits per heavy atom. The van der Waals surface area contributed by atoms with Crippen LogP contribution in [0.1, 0.15) is 67.7 Å². The molecule has 0 heterocycles. The highest BCUT2D eigenvalue weighted by molar-refractivity contribution is 7.54. The second-order valence-corrected chi connectivity index (χ2v) is 11.2. The van der Waals surface area contributed by atoms with Gasteiger partial charge >= 0.3 is 13.7 Å². The van der Waals surface area contributed by atoms with Gasteiger partial charge in [0.05, 0.1) is 25.9 Å². The first-order valence-electron chi connectivity index (χ1n) is 11.8. The third-order valence-electron chi connectivity index (χ3n) is 4.57. The molecule has 0 aliphatic rings. The van der Waals surface area contributed by atoms with Gasteiger partial charge in [-0.1, -0.05) is 13.8 Å². The van der Waals surface area contributed by atoms with E-state index in [1.54, 1.807) is 34.6 Å². The van der Waals surface area contributed by atoms with Crippen LogP contribution in [-0.2, 0) is 27.9 Å². The van der Waals surface area contributed by atoms with Crippen LogP contribution < -0.4 is 16.0 Å². The number of ether oxygens (including phenoxy) is 1. The molecule has 200 valence electrons. The van der Waals surface area contributed by atoms with Crippen LogP contribution in [0.5, 0.6) is 0 Å². The van der Waals surface area contributed by atoms with Crippen LogP contribution in [0.2, 0.25) is 0 Å². The van der Waals surface area contributed by atoms with E-state index in [9.17, 15) is 24.1 Å². The second kappa shape index (κ2) is 16.1. The molecule has 0 aliphatic carbocycles. The van der Waals surface area contributed by atoms with Crippen LogP contribution in [0.25, 0.3) is 0 Å². The Kier molecular flexibility index (Phi) is 15.3. The summed E-state index contributed by atoms with van der Waals surface area (Å²) in [4.78, 5) is 37.1. The molecule has 0 aromatic carbocycles. The maximum Gasteiger partial charge on any atom is 0.408 e. The molecule has 4 N–H and O–H groups in total. The second-order valence-electron chi connectivity index (χ2n) is 9.19. The summed E-state index contributed by atoms with van der Waals surface area (Å²) >= 11 is 0. The average Bonchev–Trinajstić information content (AvgIpc) is 2.69. The van der Waals surface area contributed by atoms with E-state index >= 15 is 0 Å². The number of aliphatic hydroxyl groups is 1. The summed E-state index contributed by atoms with van der Waals surface area (Å²) in [7, 11) is -3.46. The fourth-order valence-electron chi connectivity index (χ4n) is 2.88. The van der Waals surface area contributed by atoms with E-state index in [1.165, 1.54) is 0 Å². The minimum atomic E-state index is -3.46. The topological polar surface area (TPSA) is 152 Å². The summed E-state index contributed by atoms with van der Waals surface area (Å²) < 4.78 is 27.9. The number of aliphatic hydroxyl groups excluding tert-OH is 1. The maximum absolute atomic E-state index is 12.7. The van der Waals surface area contributed by atoms with E-state index in [4.69, 9.17) is 13.8 Å². The van der Waals surface area contributed by atoms with E-state index in [1.807, 2.05) is 13.8 Å². The van der Waals surface area contributed by atoms with Gasteiger partial charge in [-0.15, -0.1) is 0 Å². The molecule has 2 atom stereocenters. The highest BCUT2D eigenvalue weighted by atomic mass is 31.2. The van der Waals surface area contributed by atoms with E-state index in [0.29, 0.717) is 25.8 Å². The summed E-state index contributed by atoms with van der Waals surface area (Å²) in [6.45, 7) is 12.7. The molecular formula is C22H44N3O8P. The molecule has 0 rings (SSSR count). The van der Waals surface area contributed by atoms with Gasteiger partial charge in [-0.25, -0.2) is 4.79 Å². The Labute approximate surface area is 203 Å². The van der Waals surface area contributed by atoms with Crippen LogP contribution >= 0.6 is 7.60 Å². The highest BCUT2D eigenvalue weighted by Crippen LogP contribution is 2.47. The minimum Gasteiger partial charge on any atom is -0.444 e. The zero-order valence-electron chi connectivity index (χ0n) is 21.6. The third kappa shape index (κ3) is 14.6. The lowest BCUT2D eigenvalue weighted by Crippen LogP contribution is -2.52. The van der Waals surface area contributed by atoms with Crippen molar-refractivity contribution in [1.82, 2.24) is 16.0 Å². The predicted octanol–water partition coefficient (Wildman–Crippen LogP) is 2.57. The molecule has 0 bridgehead atoms.